The summed E-state index contributed by atoms with van der Waals surface area (Å²) in [4.78, 5) is 11.7. The second kappa shape index (κ2) is 9.21. The van der Waals surface area contributed by atoms with E-state index in [0.717, 1.165) is 30.5 Å². The fraction of sp³-hybridized carbons (Fsp3) is 0.278. The van der Waals surface area contributed by atoms with Crippen molar-refractivity contribution in [3.63, 3.8) is 0 Å². The summed E-state index contributed by atoms with van der Waals surface area (Å²) in [6.07, 6.45) is 2.07. The molecule has 0 spiro atoms. The number of nitrogens with two attached hydrogens (primary N) is 2. The van der Waals surface area contributed by atoms with Gasteiger partial charge in [-0.25, -0.2) is 18.4 Å². The number of hydrogen-bond donors (Lipinski definition) is 3. The zero-order valence-corrected chi connectivity index (χ0v) is 15.2. The number of rotatable bonds is 8. The van der Waals surface area contributed by atoms with Gasteiger partial charge in [-0.05, 0) is 54.7 Å². The molecule has 7 nitrogen and oxygen atoms in total. The summed E-state index contributed by atoms with van der Waals surface area (Å²) in [5.74, 6) is 0. The van der Waals surface area contributed by atoms with E-state index in [1.54, 1.807) is 12.1 Å². The monoisotopic (exact) mass is 377 g/mol. The number of ether oxygens (including phenoxy) is 1. The van der Waals surface area contributed by atoms with Gasteiger partial charge in [-0.15, -0.1) is 0 Å². The van der Waals surface area contributed by atoms with Crippen molar-refractivity contribution >= 4 is 21.8 Å². The number of alkyl carbamates (subject to hydrolysis) is 1. The quantitative estimate of drug-likeness (QED) is 0.480. The molecule has 1 amide bonds. The van der Waals surface area contributed by atoms with Gasteiger partial charge >= 0.3 is 6.09 Å². The molecular formula is C18H23N3O4S. The molecule has 8 heteroatoms. The second-order valence-corrected chi connectivity index (χ2v) is 7.44. The number of anilines is 1. The van der Waals surface area contributed by atoms with E-state index in [4.69, 9.17) is 15.6 Å². The molecule has 2 aromatic carbocycles. The molecule has 26 heavy (non-hydrogen) atoms. The third-order valence-electron chi connectivity index (χ3n) is 3.76. The van der Waals surface area contributed by atoms with Crippen LogP contribution in [0.15, 0.2) is 53.4 Å². The summed E-state index contributed by atoms with van der Waals surface area (Å²) in [5.41, 5.74) is 8.33. The van der Waals surface area contributed by atoms with Gasteiger partial charge < -0.3 is 15.8 Å². The molecule has 2 aromatic rings. The fourth-order valence-corrected chi connectivity index (χ4v) is 2.82. The van der Waals surface area contributed by atoms with Gasteiger partial charge in [-0.1, -0.05) is 24.3 Å². The van der Waals surface area contributed by atoms with Gasteiger partial charge in [-0.3, -0.25) is 0 Å². The van der Waals surface area contributed by atoms with Gasteiger partial charge in [0, 0.05) is 12.2 Å². The van der Waals surface area contributed by atoms with Crippen LogP contribution in [0.1, 0.15) is 24.0 Å². The summed E-state index contributed by atoms with van der Waals surface area (Å²) in [6, 6.07) is 13.7. The number of benzene rings is 2. The van der Waals surface area contributed by atoms with Crippen molar-refractivity contribution in [2.24, 2.45) is 5.14 Å². The first-order valence-electron chi connectivity index (χ1n) is 8.21. The van der Waals surface area contributed by atoms with E-state index in [0.29, 0.717) is 6.61 Å². The average molecular weight is 377 g/mol. The van der Waals surface area contributed by atoms with E-state index in [-0.39, 0.29) is 11.4 Å². The van der Waals surface area contributed by atoms with Crippen LogP contribution in [-0.4, -0.2) is 21.1 Å². The van der Waals surface area contributed by atoms with Crippen molar-refractivity contribution in [3.8, 4) is 0 Å². The minimum absolute atomic E-state index is 0.0323. The fourth-order valence-electron chi connectivity index (χ4n) is 2.30. The number of primary sulfonamides is 1. The zero-order chi connectivity index (χ0) is 19.0. The first kappa shape index (κ1) is 19.7. The van der Waals surface area contributed by atoms with Crippen LogP contribution in [0.25, 0.3) is 0 Å². The van der Waals surface area contributed by atoms with E-state index in [9.17, 15) is 13.2 Å². The summed E-state index contributed by atoms with van der Waals surface area (Å²) in [6.45, 7) is 0.584. The lowest BCUT2D eigenvalue weighted by molar-refractivity contribution is 0.143. The average Bonchev–Trinajstić information content (AvgIpc) is 2.61. The number of carbonyl (C=O) groups excluding carboxylic acids is 1. The van der Waals surface area contributed by atoms with E-state index >= 15 is 0 Å². The first-order valence-corrected chi connectivity index (χ1v) is 9.76. The number of sulfonamides is 1. The predicted molar refractivity (Wildman–Crippen MR) is 99.8 cm³/mol. The molecule has 0 radical (unpaired) electrons. The van der Waals surface area contributed by atoms with Crippen LogP contribution in [0, 0.1) is 0 Å². The number of amides is 1. The standard InChI is InChI=1S/C18H23N3O4S/c19-16-8-4-14(5-9-16)3-1-2-12-25-18(22)21-13-15-6-10-17(11-7-15)26(20,23)24/h4-11H,1-3,12-13,19H2,(H,21,22)(H2,20,23,24). The van der Waals surface area contributed by atoms with Crippen LogP contribution in [-0.2, 0) is 27.7 Å². The highest BCUT2D eigenvalue weighted by molar-refractivity contribution is 7.89. The molecule has 140 valence electrons. The summed E-state index contributed by atoms with van der Waals surface area (Å²) in [7, 11) is -3.71. The number of carbonyl (C=O) groups is 1. The first-order chi connectivity index (χ1) is 12.3. The molecule has 0 unspecified atom stereocenters. The molecule has 0 aliphatic carbocycles. The molecule has 0 aliphatic rings. The lowest BCUT2D eigenvalue weighted by Gasteiger charge is -2.08. The summed E-state index contributed by atoms with van der Waals surface area (Å²) >= 11 is 0. The van der Waals surface area contributed by atoms with Crippen LogP contribution in [0.5, 0.6) is 0 Å². The van der Waals surface area contributed by atoms with Gasteiger partial charge in [0.05, 0.1) is 11.5 Å². The Kier molecular flexibility index (Phi) is 6.99. The van der Waals surface area contributed by atoms with E-state index < -0.39 is 16.1 Å². The third-order valence-corrected chi connectivity index (χ3v) is 4.69. The molecule has 0 saturated heterocycles. The smallest absolute Gasteiger partial charge is 0.407 e. The van der Waals surface area contributed by atoms with Crippen molar-refractivity contribution in [1.29, 1.82) is 0 Å². The predicted octanol–water partition coefficient (Wildman–Crippen LogP) is 2.17. The van der Waals surface area contributed by atoms with Crippen LogP contribution < -0.4 is 16.2 Å². The minimum atomic E-state index is -3.71. The number of aryl methyl sites for hydroxylation is 1. The Hall–Kier alpha value is -2.58. The highest BCUT2D eigenvalue weighted by Crippen LogP contribution is 2.10. The Morgan fingerprint density at radius 1 is 0.962 bits per heavy atom. The topological polar surface area (TPSA) is 125 Å². The Morgan fingerprint density at radius 3 is 2.19 bits per heavy atom. The third kappa shape index (κ3) is 6.73. The maximum Gasteiger partial charge on any atom is 0.407 e. The van der Waals surface area contributed by atoms with Crippen LogP contribution in [0.2, 0.25) is 0 Å². The Labute approximate surface area is 153 Å². The zero-order valence-electron chi connectivity index (χ0n) is 14.4. The van der Waals surface area contributed by atoms with Crippen molar-refractivity contribution in [1.82, 2.24) is 5.32 Å². The van der Waals surface area contributed by atoms with Gasteiger partial charge in [0.15, 0.2) is 0 Å². The molecule has 0 atom stereocenters. The number of hydrogen-bond acceptors (Lipinski definition) is 5. The maximum atomic E-state index is 11.7. The highest BCUT2D eigenvalue weighted by Gasteiger charge is 2.07. The molecule has 0 bridgehead atoms. The van der Waals surface area contributed by atoms with E-state index in [2.05, 4.69) is 5.32 Å². The van der Waals surface area contributed by atoms with Gasteiger partial charge in [0.25, 0.3) is 0 Å². The SMILES string of the molecule is Nc1ccc(CCCCOC(=O)NCc2ccc(S(N)(=O)=O)cc2)cc1. The van der Waals surface area contributed by atoms with Crippen LogP contribution >= 0.6 is 0 Å². The Morgan fingerprint density at radius 2 is 1.58 bits per heavy atom. The van der Waals surface area contributed by atoms with Gasteiger partial charge in [0.1, 0.15) is 0 Å². The summed E-state index contributed by atoms with van der Waals surface area (Å²) in [5, 5.41) is 7.65. The van der Waals surface area contributed by atoms with Crippen molar-refractivity contribution < 1.29 is 17.9 Å². The highest BCUT2D eigenvalue weighted by atomic mass is 32.2. The molecule has 0 fully saturated rings. The lowest BCUT2D eigenvalue weighted by Crippen LogP contribution is -2.24. The lowest BCUT2D eigenvalue weighted by atomic mass is 10.1. The largest absolute Gasteiger partial charge is 0.450 e. The minimum Gasteiger partial charge on any atom is -0.450 e. The van der Waals surface area contributed by atoms with Crippen molar-refractivity contribution in [2.75, 3.05) is 12.3 Å². The van der Waals surface area contributed by atoms with Crippen LogP contribution in [0.4, 0.5) is 10.5 Å². The molecule has 0 heterocycles. The Bertz CT molecular complexity index is 819. The van der Waals surface area contributed by atoms with Gasteiger partial charge in [0.2, 0.25) is 10.0 Å². The number of nitrogen functional groups attached to an aromatic ring is 1. The normalized spacial score (nSPS) is 11.1. The molecule has 5 N–H and O–H groups in total. The number of unbranched alkanes of at least 4 members (excludes halogenated alkanes) is 1. The van der Waals surface area contributed by atoms with Crippen molar-refractivity contribution in [3.05, 3.63) is 59.7 Å². The second-order valence-electron chi connectivity index (χ2n) is 5.88. The van der Waals surface area contributed by atoms with E-state index in [1.165, 1.54) is 17.7 Å². The molecule has 0 aromatic heterocycles. The van der Waals surface area contributed by atoms with Gasteiger partial charge in [-0.2, -0.15) is 0 Å². The van der Waals surface area contributed by atoms with Crippen LogP contribution in [0.3, 0.4) is 0 Å². The molecule has 2 rings (SSSR count). The number of nitrogens with one attached hydrogen (secondary N) is 1. The molecule has 0 aliphatic heterocycles. The van der Waals surface area contributed by atoms with E-state index in [1.807, 2.05) is 24.3 Å². The molecule has 0 saturated carbocycles. The van der Waals surface area contributed by atoms with Crippen molar-refractivity contribution in [2.45, 2.75) is 30.7 Å². The Balaban J connectivity index is 1.62. The molecular weight excluding hydrogens is 354 g/mol. The maximum absolute atomic E-state index is 11.7. The summed E-state index contributed by atoms with van der Waals surface area (Å²) < 4.78 is 27.5.